The summed E-state index contributed by atoms with van der Waals surface area (Å²) in [4.78, 5) is 39.6. The van der Waals surface area contributed by atoms with Gasteiger partial charge in [-0.15, -0.1) is 10.2 Å². The molecule has 0 saturated carbocycles. The molecule has 2 aromatic heterocycles. The molecule has 0 saturated heterocycles. The molecule has 1 amide bonds. The summed E-state index contributed by atoms with van der Waals surface area (Å²) in [5.74, 6) is -0.337. The quantitative estimate of drug-likeness (QED) is 0.364. The van der Waals surface area contributed by atoms with Gasteiger partial charge in [-0.1, -0.05) is 41.7 Å². The molecule has 32 heavy (non-hydrogen) atoms. The Hall–Kier alpha value is -3.60. The molecule has 168 valence electrons. The van der Waals surface area contributed by atoms with Crippen LogP contribution in [0.5, 0.6) is 0 Å². The first-order valence-corrected chi connectivity index (χ1v) is 10.9. The van der Waals surface area contributed by atoms with Gasteiger partial charge in [-0.3, -0.25) is 9.88 Å². The van der Waals surface area contributed by atoms with Gasteiger partial charge < -0.3 is 9.47 Å². The molecule has 0 aliphatic rings. The fourth-order valence-corrected chi connectivity index (χ4v) is 3.50. The first-order valence-electron chi connectivity index (χ1n) is 10.1. The van der Waals surface area contributed by atoms with Crippen molar-refractivity contribution in [3.63, 3.8) is 0 Å². The van der Waals surface area contributed by atoms with E-state index in [1.165, 1.54) is 15.9 Å². The zero-order chi connectivity index (χ0) is 22.8. The highest BCUT2D eigenvalue weighted by Crippen LogP contribution is 2.14. The molecule has 0 aliphatic carbocycles. The maximum absolute atomic E-state index is 12.2. The third-order valence-electron chi connectivity index (χ3n) is 4.27. The second-order valence-electron chi connectivity index (χ2n) is 6.65. The van der Waals surface area contributed by atoms with Gasteiger partial charge in [-0.05, 0) is 31.4 Å². The first kappa shape index (κ1) is 23.1. The Kier molecular flexibility index (Phi) is 8.44. The fourth-order valence-electron chi connectivity index (χ4n) is 2.72. The van der Waals surface area contributed by atoms with E-state index >= 15 is 0 Å². The van der Waals surface area contributed by atoms with Crippen molar-refractivity contribution < 1.29 is 19.1 Å². The van der Waals surface area contributed by atoms with Crippen LogP contribution in [0, 0.1) is 0 Å². The number of anilines is 1. The van der Waals surface area contributed by atoms with Crippen molar-refractivity contribution in [1.29, 1.82) is 0 Å². The molecular weight excluding hydrogens is 434 g/mol. The van der Waals surface area contributed by atoms with E-state index in [0.717, 1.165) is 17.0 Å². The summed E-state index contributed by atoms with van der Waals surface area (Å²) in [7, 11) is 0. The zero-order valence-electron chi connectivity index (χ0n) is 17.5. The molecule has 3 aromatic rings. The summed E-state index contributed by atoms with van der Waals surface area (Å²) in [5, 5.41) is 11.3. The van der Waals surface area contributed by atoms with E-state index in [1.807, 2.05) is 30.3 Å². The monoisotopic (exact) mass is 457 g/mol. The number of hydrogen-bond donors (Lipinski definition) is 1. The fraction of sp³-hybridized carbons (Fsp3) is 0.333. The van der Waals surface area contributed by atoms with Gasteiger partial charge in [0.15, 0.2) is 0 Å². The van der Waals surface area contributed by atoms with Crippen LogP contribution in [0.2, 0.25) is 0 Å². The highest BCUT2D eigenvalue weighted by molar-refractivity contribution is 7.13. The van der Waals surface area contributed by atoms with Crippen LogP contribution in [-0.4, -0.2) is 38.4 Å². The third kappa shape index (κ3) is 6.98. The number of rotatable bonds is 10. The van der Waals surface area contributed by atoms with Crippen LogP contribution in [-0.2, 0) is 29.0 Å². The third-order valence-corrected chi connectivity index (χ3v) is 5.24. The minimum absolute atomic E-state index is 0.125. The van der Waals surface area contributed by atoms with E-state index in [2.05, 4.69) is 20.5 Å². The number of benzene rings is 1. The number of carbonyl (C=O) groups is 2. The highest BCUT2D eigenvalue weighted by atomic mass is 32.1. The minimum atomic E-state index is -0.683. The standard InChI is InChI=1S/C21H23N5O5S/c1-2-30-19(27)18-25-24-17(32-18)10-6-7-12-26-13-11-16(22-20(26)28)23-21(29)31-14-15-8-4-3-5-9-15/h3-5,8-9,11,13H,2,6-7,10,12,14H2,1H3,(H,22,23,28,29). The normalized spacial score (nSPS) is 10.5. The number of ether oxygens (including phenoxy) is 2. The zero-order valence-corrected chi connectivity index (χ0v) is 18.3. The van der Waals surface area contributed by atoms with E-state index in [9.17, 15) is 14.4 Å². The number of nitrogens with one attached hydrogen (secondary N) is 1. The summed E-state index contributed by atoms with van der Waals surface area (Å²) in [6, 6.07) is 10.8. The molecule has 1 aromatic carbocycles. The predicted molar refractivity (Wildman–Crippen MR) is 118 cm³/mol. The smallest absolute Gasteiger partial charge is 0.413 e. The van der Waals surface area contributed by atoms with E-state index in [1.54, 1.807) is 19.2 Å². The summed E-state index contributed by atoms with van der Waals surface area (Å²) >= 11 is 1.21. The number of carbonyl (C=O) groups excluding carboxylic acids is 2. The molecule has 0 atom stereocenters. The van der Waals surface area contributed by atoms with Gasteiger partial charge >= 0.3 is 17.8 Å². The summed E-state index contributed by atoms with van der Waals surface area (Å²) in [6.07, 6.45) is 3.01. The van der Waals surface area contributed by atoms with Crippen LogP contribution in [0.1, 0.15) is 40.1 Å². The summed E-state index contributed by atoms with van der Waals surface area (Å²) in [5.41, 5.74) is 0.392. The highest BCUT2D eigenvalue weighted by Gasteiger charge is 2.13. The molecule has 0 radical (unpaired) electrons. The maximum Gasteiger partial charge on any atom is 0.413 e. The number of unbranched alkanes of at least 4 members (excludes halogenated alkanes) is 1. The number of aromatic nitrogens is 4. The Bertz CT molecular complexity index is 1100. The lowest BCUT2D eigenvalue weighted by Crippen LogP contribution is -2.25. The molecule has 0 unspecified atom stereocenters. The summed E-state index contributed by atoms with van der Waals surface area (Å²) in [6.45, 7) is 2.62. The molecule has 3 rings (SSSR count). The average Bonchev–Trinajstić information content (AvgIpc) is 3.26. The van der Waals surface area contributed by atoms with Crippen LogP contribution in [0.3, 0.4) is 0 Å². The maximum atomic E-state index is 12.2. The Morgan fingerprint density at radius 3 is 2.66 bits per heavy atom. The molecule has 10 nitrogen and oxygen atoms in total. The Morgan fingerprint density at radius 2 is 1.91 bits per heavy atom. The van der Waals surface area contributed by atoms with E-state index in [0.29, 0.717) is 26.0 Å². The van der Waals surface area contributed by atoms with Crippen molar-refractivity contribution in [2.45, 2.75) is 39.3 Å². The lowest BCUT2D eigenvalue weighted by molar-refractivity contribution is 0.0525. The minimum Gasteiger partial charge on any atom is -0.461 e. The number of nitrogens with zero attached hydrogens (tertiary/aromatic N) is 4. The van der Waals surface area contributed by atoms with Crippen LogP contribution in [0.15, 0.2) is 47.4 Å². The Morgan fingerprint density at radius 1 is 1.09 bits per heavy atom. The summed E-state index contributed by atoms with van der Waals surface area (Å²) < 4.78 is 11.5. The molecule has 1 N–H and O–H groups in total. The second kappa shape index (κ2) is 11.7. The largest absolute Gasteiger partial charge is 0.461 e. The molecule has 0 bridgehead atoms. The molecule has 11 heteroatoms. The Balaban J connectivity index is 1.41. The number of aryl methyl sites for hydroxylation is 2. The van der Waals surface area contributed by atoms with E-state index in [4.69, 9.17) is 9.47 Å². The van der Waals surface area contributed by atoms with Crippen molar-refractivity contribution in [2.24, 2.45) is 0 Å². The molecule has 0 fully saturated rings. The Labute approximate surface area is 188 Å². The van der Waals surface area contributed by atoms with Gasteiger partial charge in [0.2, 0.25) is 5.01 Å². The lowest BCUT2D eigenvalue weighted by atomic mass is 10.2. The van der Waals surface area contributed by atoms with Gasteiger partial charge in [0, 0.05) is 19.2 Å². The van der Waals surface area contributed by atoms with Crippen LogP contribution >= 0.6 is 11.3 Å². The van der Waals surface area contributed by atoms with Crippen molar-refractivity contribution in [1.82, 2.24) is 19.7 Å². The van der Waals surface area contributed by atoms with Crippen molar-refractivity contribution >= 4 is 29.2 Å². The van der Waals surface area contributed by atoms with Gasteiger partial charge in [0.25, 0.3) is 0 Å². The topological polar surface area (TPSA) is 125 Å². The molecule has 0 spiro atoms. The molecular formula is C21H23N5O5S. The van der Waals surface area contributed by atoms with Crippen molar-refractivity contribution in [2.75, 3.05) is 11.9 Å². The van der Waals surface area contributed by atoms with Gasteiger partial charge in [0.05, 0.1) is 6.61 Å². The predicted octanol–water partition coefficient (Wildman–Crippen LogP) is 3.04. The van der Waals surface area contributed by atoms with Crippen LogP contribution < -0.4 is 11.0 Å². The SMILES string of the molecule is CCOC(=O)c1nnc(CCCCn2ccc(NC(=O)OCc3ccccc3)nc2=O)s1. The van der Waals surface area contributed by atoms with E-state index in [-0.39, 0.29) is 17.4 Å². The van der Waals surface area contributed by atoms with Gasteiger partial charge in [0.1, 0.15) is 17.4 Å². The van der Waals surface area contributed by atoms with Crippen LogP contribution in [0.25, 0.3) is 0 Å². The molecule has 0 aliphatic heterocycles. The van der Waals surface area contributed by atoms with Gasteiger partial charge in [-0.2, -0.15) is 4.98 Å². The van der Waals surface area contributed by atoms with Crippen LogP contribution in [0.4, 0.5) is 10.6 Å². The number of amides is 1. The lowest BCUT2D eigenvalue weighted by Gasteiger charge is -2.08. The first-order chi connectivity index (χ1) is 15.5. The second-order valence-corrected chi connectivity index (χ2v) is 7.72. The number of hydrogen-bond acceptors (Lipinski definition) is 9. The molecule has 2 heterocycles. The van der Waals surface area contributed by atoms with Gasteiger partial charge in [-0.25, -0.2) is 14.4 Å². The van der Waals surface area contributed by atoms with E-state index < -0.39 is 17.8 Å². The van der Waals surface area contributed by atoms with Crippen molar-refractivity contribution in [3.8, 4) is 0 Å². The number of esters is 1. The average molecular weight is 458 g/mol. The van der Waals surface area contributed by atoms with Crippen molar-refractivity contribution in [3.05, 3.63) is 68.7 Å².